The van der Waals surface area contributed by atoms with Crippen LogP contribution in [0.3, 0.4) is 0 Å². The molecule has 2 aromatic rings. The van der Waals surface area contributed by atoms with Crippen LogP contribution in [-0.4, -0.2) is 16.2 Å². The van der Waals surface area contributed by atoms with Crippen molar-refractivity contribution in [3.8, 4) is 5.75 Å². The molecule has 1 unspecified atom stereocenters. The maximum Gasteiger partial charge on any atom is 0.310 e. The number of aliphatic carboxylic acids is 1. The highest BCUT2D eigenvalue weighted by Crippen LogP contribution is 2.40. The summed E-state index contributed by atoms with van der Waals surface area (Å²) < 4.78 is 26.4. The lowest BCUT2D eigenvalue weighted by atomic mass is 9.97. The Hall–Kier alpha value is -1.69. The standard InChI is InChI=1S/C12H10F2O3S/c1-5(12(16)17)8-4-18-9-3-6(15)2-7(10(8)9)11(13)14/h2-5,11,15H,1H3,(H,16,17). The SMILES string of the molecule is CC(C(=O)O)c1csc2cc(O)cc(C(F)F)c12. The molecule has 0 bridgehead atoms. The second-order valence-corrected chi connectivity index (χ2v) is 4.87. The summed E-state index contributed by atoms with van der Waals surface area (Å²) in [5.74, 6) is -2.17. The first-order valence-electron chi connectivity index (χ1n) is 5.16. The molecule has 0 aliphatic carbocycles. The Balaban J connectivity index is 2.74. The Bertz CT molecular complexity index is 607. The molecule has 0 aliphatic heterocycles. The maximum absolute atomic E-state index is 12.9. The lowest BCUT2D eigenvalue weighted by Crippen LogP contribution is -2.07. The van der Waals surface area contributed by atoms with Gasteiger partial charge < -0.3 is 10.2 Å². The van der Waals surface area contributed by atoms with Gasteiger partial charge in [-0.05, 0) is 30.0 Å². The molecule has 3 nitrogen and oxygen atoms in total. The molecule has 0 aliphatic rings. The van der Waals surface area contributed by atoms with E-state index in [4.69, 9.17) is 5.11 Å². The summed E-state index contributed by atoms with van der Waals surface area (Å²) in [6.07, 6.45) is -2.76. The van der Waals surface area contributed by atoms with Crippen LogP contribution in [0.15, 0.2) is 17.5 Å². The van der Waals surface area contributed by atoms with Crippen molar-refractivity contribution in [2.24, 2.45) is 0 Å². The number of aromatic hydroxyl groups is 1. The number of benzene rings is 1. The largest absolute Gasteiger partial charge is 0.508 e. The minimum absolute atomic E-state index is 0.239. The smallest absolute Gasteiger partial charge is 0.310 e. The van der Waals surface area contributed by atoms with Gasteiger partial charge in [0.2, 0.25) is 0 Å². The zero-order valence-corrected chi connectivity index (χ0v) is 10.2. The van der Waals surface area contributed by atoms with E-state index in [1.807, 2.05) is 0 Å². The zero-order valence-electron chi connectivity index (χ0n) is 9.35. The summed E-state index contributed by atoms with van der Waals surface area (Å²) in [4.78, 5) is 11.0. The van der Waals surface area contributed by atoms with Crippen LogP contribution in [0.2, 0.25) is 0 Å². The average Bonchev–Trinajstić information content (AvgIpc) is 2.69. The maximum atomic E-state index is 12.9. The summed E-state index contributed by atoms with van der Waals surface area (Å²) in [5, 5.41) is 20.1. The highest BCUT2D eigenvalue weighted by molar-refractivity contribution is 7.17. The van der Waals surface area contributed by atoms with Gasteiger partial charge in [-0.15, -0.1) is 11.3 Å². The molecule has 0 saturated carbocycles. The molecule has 1 aromatic heterocycles. The molecule has 6 heteroatoms. The monoisotopic (exact) mass is 272 g/mol. The van der Waals surface area contributed by atoms with E-state index in [9.17, 15) is 18.7 Å². The number of carbonyl (C=O) groups is 1. The summed E-state index contributed by atoms with van der Waals surface area (Å²) in [6, 6.07) is 2.35. The van der Waals surface area contributed by atoms with E-state index in [0.29, 0.717) is 10.3 Å². The molecular formula is C12H10F2O3S. The summed E-state index contributed by atoms with van der Waals surface area (Å²) >= 11 is 1.15. The van der Waals surface area contributed by atoms with E-state index < -0.39 is 18.3 Å². The molecule has 1 atom stereocenters. The Morgan fingerprint density at radius 1 is 1.33 bits per heavy atom. The topological polar surface area (TPSA) is 57.5 Å². The van der Waals surface area contributed by atoms with Gasteiger partial charge in [-0.1, -0.05) is 0 Å². The summed E-state index contributed by atoms with van der Waals surface area (Å²) in [7, 11) is 0. The number of phenols is 1. The fraction of sp³-hybridized carbons (Fsp3) is 0.250. The van der Waals surface area contributed by atoms with E-state index in [2.05, 4.69) is 0 Å². The fourth-order valence-electron chi connectivity index (χ4n) is 1.83. The molecular weight excluding hydrogens is 262 g/mol. The van der Waals surface area contributed by atoms with Gasteiger partial charge >= 0.3 is 5.97 Å². The second kappa shape index (κ2) is 4.53. The van der Waals surface area contributed by atoms with Crippen molar-refractivity contribution in [2.45, 2.75) is 19.3 Å². The first kappa shape index (κ1) is 12.8. The van der Waals surface area contributed by atoms with Crippen LogP contribution in [0.1, 0.15) is 30.4 Å². The number of carboxylic acid groups (broad SMARTS) is 1. The molecule has 1 aromatic carbocycles. The molecule has 0 spiro atoms. The van der Waals surface area contributed by atoms with Gasteiger partial charge in [0, 0.05) is 15.6 Å². The number of halogens is 2. The molecule has 0 radical (unpaired) electrons. The minimum Gasteiger partial charge on any atom is -0.508 e. The number of rotatable bonds is 3. The predicted octanol–water partition coefficient (Wildman–Crippen LogP) is 3.73. The summed E-state index contributed by atoms with van der Waals surface area (Å²) in [5.41, 5.74) is 0.0344. The van der Waals surface area contributed by atoms with Crippen molar-refractivity contribution in [1.82, 2.24) is 0 Å². The van der Waals surface area contributed by atoms with Gasteiger partial charge in [-0.3, -0.25) is 4.79 Å². The van der Waals surface area contributed by atoms with Crippen LogP contribution in [0.25, 0.3) is 10.1 Å². The van der Waals surface area contributed by atoms with Crippen molar-refractivity contribution in [2.75, 3.05) is 0 Å². The second-order valence-electron chi connectivity index (χ2n) is 3.96. The minimum atomic E-state index is -2.76. The Kier molecular flexibility index (Phi) is 3.21. The number of fused-ring (bicyclic) bond motifs is 1. The average molecular weight is 272 g/mol. The zero-order chi connectivity index (χ0) is 13.4. The first-order chi connectivity index (χ1) is 8.41. The molecule has 2 N–H and O–H groups in total. The van der Waals surface area contributed by atoms with Crippen LogP contribution in [0.5, 0.6) is 5.75 Å². The van der Waals surface area contributed by atoms with E-state index in [-0.39, 0.29) is 16.7 Å². The van der Waals surface area contributed by atoms with Crippen LogP contribution in [-0.2, 0) is 4.79 Å². The van der Waals surface area contributed by atoms with E-state index in [0.717, 1.165) is 17.4 Å². The summed E-state index contributed by atoms with van der Waals surface area (Å²) in [6.45, 7) is 1.45. The molecule has 1 heterocycles. The highest BCUT2D eigenvalue weighted by atomic mass is 32.1. The van der Waals surface area contributed by atoms with Crippen molar-refractivity contribution in [1.29, 1.82) is 0 Å². The number of hydrogen-bond donors (Lipinski definition) is 2. The van der Waals surface area contributed by atoms with Gasteiger partial charge in [0.15, 0.2) is 0 Å². The van der Waals surface area contributed by atoms with E-state index in [1.54, 1.807) is 5.38 Å². The molecule has 96 valence electrons. The van der Waals surface area contributed by atoms with Crippen molar-refractivity contribution < 1.29 is 23.8 Å². The van der Waals surface area contributed by atoms with Gasteiger partial charge in [-0.25, -0.2) is 8.78 Å². The number of phenolic OH excluding ortho intramolecular Hbond substituents is 1. The van der Waals surface area contributed by atoms with Crippen LogP contribution in [0, 0.1) is 0 Å². The molecule has 18 heavy (non-hydrogen) atoms. The van der Waals surface area contributed by atoms with Crippen molar-refractivity contribution in [3.05, 3.63) is 28.6 Å². The van der Waals surface area contributed by atoms with E-state index in [1.165, 1.54) is 13.0 Å². The van der Waals surface area contributed by atoms with Gasteiger partial charge in [0.1, 0.15) is 5.75 Å². The third kappa shape index (κ3) is 2.03. The van der Waals surface area contributed by atoms with Gasteiger partial charge in [-0.2, -0.15) is 0 Å². The predicted molar refractivity (Wildman–Crippen MR) is 64.5 cm³/mol. The molecule has 0 amide bonds. The Morgan fingerprint density at radius 2 is 2.00 bits per heavy atom. The Morgan fingerprint density at radius 3 is 2.56 bits per heavy atom. The lowest BCUT2D eigenvalue weighted by Gasteiger charge is -2.09. The van der Waals surface area contributed by atoms with Crippen molar-refractivity contribution in [3.63, 3.8) is 0 Å². The number of alkyl halides is 2. The normalized spacial score (nSPS) is 13.1. The van der Waals surface area contributed by atoms with E-state index >= 15 is 0 Å². The lowest BCUT2D eigenvalue weighted by molar-refractivity contribution is -0.138. The molecule has 0 fully saturated rings. The van der Waals surface area contributed by atoms with Crippen LogP contribution < -0.4 is 0 Å². The van der Waals surface area contributed by atoms with Crippen LogP contribution in [0.4, 0.5) is 8.78 Å². The number of carboxylic acids is 1. The number of hydrogen-bond acceptors (Lipinski definition) is 3. The Labute approximate surface area is 105 Å². The third-order valence-corrected chi connectivity index (χ3v) is 3.74. The highest BCUT2D eigenvalue weighted by Gasteiger charge is 2.23. The van der Waals surface area contributed by atoms with Gasteiger partial charge in [0.05, 0.1) is 5.92 Å². The quantitative estimate of drug-likeness (QED) is 0.895. The van der Waals surface area contributed by atoms with Crippen molar-refractivity contribution >= 4 is 27.4 Å². The van der Waals surface area contributed by atoms with Crippen LogP contribution >= 0.6 is 11.3 Å². The molecule has 2 rings (SSSR count). The fourth-order valence-corrected chi connectivity index (χ4v) is 2.95. The first-order valence-corrected chi connectivity index (χ1v) is 6.04. The third-order valence-electron chi connectivity index (χ3n) is 2.79. The molecule has 0 saturated heterocycles. The number of thiophene rings is 1. The van der Waals surface area contributed by atoms with Gasteiger partial charge in [0.25, 0.3) is 6.43 Å².